The van der Waals surface area contributed by atoms with Crippen molar-refractivity contribution in [3.8, 4) is 10.6 Å². The van der Waals surface area contributed by atoms with Crippen molar-refractivity contribution < 1.29 is 9.90 Å². The van der Waals surface area contributed by atoms with Gasteiger partial charge in [-0.1, -0.05) is 53.4 Å². The second-order valence-electron chi connectivity index (χ2n) is 9.00. The molecule has 0 bridgehead atoms. The van der Waals surface area contributed by atoms with Crippen LogP contribution in [0.3, 0.4) is 0 Å². The second-order valence-corrected chi connectivity index (χ2v) is 10.1. The molecule has 1 heterocycles. The normalized spacial score (nSPS) is 10.7. The lowest BCUT2D eigenvalue weighted by molar-refractivity contribution is -0.283. The Morgan fingerprint density at radius 1 is 0.886 bits per heavy atom. The quantitative estimate of drug-likeness (QED) is 0.177. The topological polar surface area (TPSA) is 59.3 Å². The van der Waals surface area contributed by atoms with Crippen LogP contribution < -0.4 is 19.9 Å². The molecule has 0 N–H and O–H groups in total. The third-order valence-corrected chi connectivity index (χ3v) is 7.30. The Balaban J connectivity index is 0.00000137. The molecule has 5 nitrogen and oxygen atoms in total. The molecular weight excluding hydrogens is 454 g/mol. The lowest BCUT2D eigenvalue weighted by atomic mass is 10.2. The van der Waals surface area contributed by atoms with Crippen LogP contribution in [0.25, 0.3) is 20.8 Å². The average molecular weight is 498 g/mol. The van der Waals surface area contributed by atoms with Crippen molar-refractivity contribution in [3.63, 3.8) is 0 Å². The van der Waals surface area contributed by atoms with Gasteiger partial charge in [-0.25, -0.2) is 9.56 Å². The van der Waals surface area contributed by atoms with Crippen LogP contribution in [0.4, 0.5) is 5.69 Å². The van der Waals surface area contributed by atoms with Gasteiger partial charge in [0.05, 0.1) is 20.8 Å². The van der Waals surface area contributed by atoms with Crippen LogP contribution in [-0.2, 0) is 4.79 Å². The van der Waals surface area contributed by atoms with Gasteiger partial charge in [-0.2, -0.15) is 0 Å². The number of anilines is 1. The van der Waals surface area contributed by atoms with Crippen LogP contribution >= 0.6 is 11.3 Å². The largest absolute Gasteiger partial charge is 0.554 e. The summed E-state index contributed by atoms with van der Waals surface area (Å²) >= 11 is 1.89. The Morgan fingerprint density at radius 3 is 2.06 bits per heavy atom. The van der Waals surface area contributed by atoms with E-state index in [9.17, 15) is 0 Å². The van der Waals surface area contributed by atoms with E-state index >= 15 is 0 Å². The number of carbonyl (C=O) groups is 1. The van der Waals surface area contributed by atoms with Crippen molar-refractivity contribution in [2.24, 2.45) is 0 Å². The summed E-state index contributed by atoms with van der Waals surface area (Å²) in [5, 5.41) is 9.60. The molecular formula is C29H43N3O2S. The number of carbonyl (C=O) groups excluding carboxylic acids is 1. The van der Waals surface area contributed by atoms with Crippen molar-refractivity contribution in [1.29, 1.82) is 0 Å². The molecule has 1 aliphatic heterocycles. The van der Waals surface area contributed by atoms with Gasteiger partial charge >= 0.3 is 0 Å². The zero-order valence-corrected chi connectivity index (χ0v) is 22.9. The maximum atomic E-state index is 8.25. The molecule has 0 amide bonds. The number of hydrogen-bond donors (Lipinski definition) is 0. The Labute approximate surface area is 215 Å². The van der Waals surface area contributed by atoms with Gasteiger partial charge in [0, 0.05) is 50.2 Å². The number of hydrogen-bond acceptors (Lipinski definition) is 5. The molecule has 6 heteroatoms. The SMILES string of the molecule is CCCCN(CCCC)c1ccc2nc3ccc(=[N+](CCCC)CCCC)cc-3sc2c1.O=C[O-]. The molecule has 0 saturated carbocycles. The van der Waals surface area contributed by atoms with E-state index in [-0.39, 0.29) is 0 Å². The lowest BCUT2D eigenvalue weighted by Crippen LogP contribution is -2.31. The second kappa shape index (κ2) is 16.2. The first-order valence-electron chi connectivity index (χ1n) is 13.3. The van der Waals surface area contributed by atoms with Gasteiger partial charge in [0.1, 0.15) is 13.1 Å². The zero-order chi connectivity index (χ0) is 25.5. The highest BCUT2D eigenvalue weighted by Gasteiger charge is 2.13. The van der Waals surface area contributed by atoms with Crippen LogP contribution in [0.1, 0.15) is 79.1 Å². The summed E-state index contributed by atoms with van der Waals surface area (Å²) in [6.45, 7) is 13.2. The molecule has 0 saturated heterocycles. The van der Waals surface area contributed by atoms with E-state index in [0.29, 0.717) is 0 Å². The fourth-order valence-corrected chi connectivity index (χ4v) is 5.16. The number of nitrogens with zero attached hydrogens (tertiary/aromatic N) is 3. The van der Waals surface area contributed by atoms with Crippen LogP contribution in [0.15, 0.2) is 36.4 Å². The van der Waals surface area contributed by atoms with E-state index in [2.05, 4.69) is 73.6 Å². The monoisotopic (exact) mass is 497 g/mol. The average Bonchev–Trinajstić information content (AvgIpc) is 2.87. The highest BCUT2D eigenvalue weighted by atomic mass is 32.1. The first kappa shape index (κ1) is 28.8. The van der Waals surface area contributed by atoms with Crippen LogP contribution in [0.5, 0.6) is 0 Å². The smallest absolute Gasteiger partial charge is 0.201 e. The van der Waals surface area contributed by atoms with Gasteiger partial charge in [-0.15, -0.1) is 11.3 Å². The molecule has 0 spiro atoms. The molecule has 1 aromatic carbocycles. The summed E-state index contributed by atoms with van der Waals surface area (Å²) < 4.78 is 3.86. The fourth-order valence-electron chi connectivity index (χ4n) is 4.13. The van der Waals surface area contributed by atoms with Crippen molar-refractivity contribution in [2.45, 2.75) is 79.1 Å². The Bertz CT molecular complexity index is 1050. The van der Waals surface area contributed by atoms with Crippen molar-refractivity contribution in [1.82, 2.24) is 9.56 Å². The molecule has 1 aliphatic carbocycles. The Morgan fingerprint density at radius 2 is 1.49 bits per heavy atom. The number of benzene rings is 2. The molecule has 192 valence electrons. The Kier molecular flexibility index (Phi) is 13.4. The predicted molar refractivity (Wildman–Crippen MR) is 149 cm³/mol. The van der Waals surface area contributed by atoms with Crippen molar-refractivity contribution >= 4 is 33.7 Å². The minimum Gasteiger partial charge on any atom is -0.554 e. The van der Waals surface area contributed by atoms with Crippen molar-refractivity contribution in [3.05, 3.63) is 41.8 Å². The number of unbranched alkanes of at least 4 members (excludes halogenated alkanes) is 4. The first-order valence-corrected chi connectivity index (χ1v) is 14.2. The van der Waals surface area contributed by atoms with Gasteiger partial charge in [0.15, 0.2) is 0 Å². The third-order valence-electron chi connectivity index (χ3n) is 6.20. The standard InChI is InChI=1S/C28H42N3S.CH2O2/c1-5-9-17-30(18-10-6-2)23-13-15-25-27(21-23)32-28-22-24(14-16-26(28)29-25)31(19-11-7-3)20-12-8-4;2-1-3/h13-16,21-22H,5-12,17-20H2,1-4H3;1H,(H,2,3)/q+1;/p-1. The maximum absolute atomic E-state index is 8.25. The van der Waals surface area contributed by atoms with Gasteiger partial charge < -0.3 is 14.8 Å². The Hall–Kier alpha value is -2.47. The summed E-state index contributed by atoms with van der Waals surface area (Å²) in [4.78, 5) is 17.1. The summed E-state index contributed by atoms with van der Waals surface area (Å²) in [5.41, 5.74) is 3.57. The molecule has 1 aromatic rings. The van der Waals surface area contributed by atoms with E-state index < -0.39 is 6.47 Å². The first-order chi connectivity index (χ1) is 17.1. The molecule has 0 aromatic heterocycles. The predicted octanol–water partition coefficient (Wildman–Crippen LogP) is 5.55. The molecule has 35 heavy (non-hydrogen) atoms. The minimum atomic E-state index is -0.500. The summed E-state index contributed by atoms with van der Waals surface area (Å²) in [6, 6.07) is 13.7. The van der Waals surface area contributed by atoms with E-state index in [1.54, 1.807) is 0 Å². The fraction of sp³-hybridized carbons (Fsp3) is 0.552. The van der Waals surface area contributed by atoms with Crippen molar-refractivity contribution in [2.75, 3.05) is 31.1 Å². The minimum absolute atomic E-state index is 0.500. The van der Waals surface area contributed by atoms with E-state index in [4.69, 9.17) is 14.9 Å². The summed E-state index contributed by atoms with van der Waals surface area (Å²) in [7, 11) is 0. The number of aromatic nitrogens is 1. The molecule has 0 unspecified atom stereocenters. The third kappa shape index (κ3) is 8.92. The number of rotatable bonds is 13. The molecule has 2 aliphatic rings. The van der Waals surface area contributed by atoms with E-state index in [1.165, 1.54) is 72.0 Å². The number of carboxylic acid groups (broad SMARTS) is 1. The molecule has 3 rings (SSSR count). The molecule has 0 fully saturated rings. The lowest BCUT2D eigenvalue weighted by Gasteiger charge is -2.25. The van der Waals surface area contributed by atoms with E-state index in [1.807, 2.05) is 11.3 Å². The zero-order valence-electron chi connectivity index (χ0n) is 22.1. The highest BCUT2D eigenvalue weighted by Crippen LogP contribution is 2.32. The van der Waals surface area contributed by atoms with Crippen LogP contribution in [0, 0.1) is 0 Å². The summed E-state index contributed by atoms with van der Waals surface area (Å²) in [5.74, 6) is 0. The molecule has 0 radical (unpaired) electrons. The number of fused-ring (bicyclic) bond motifs is 2. The van der Waals surface area contributed by atoms with Gasteiger partial charge in [-0.3, -0.25) is 0 Å². The van der Waals surface area contributed by atoms with Gasteiger partial charge in [-0.05, 0) is 37.1 Å². The van der Waals surface area contributed by atoms with Gasteiger partial charge in [0.25, 0.3) is 0 Å². The van der Waals surface area contributed by atoms with E-state index in [0.717, 1.165) is 37.4 Å². The molecule has 0 atom stereocenters. The maximum Gasteiger partial charge on any atom is 0.201 e. The van der Waals surface area contributed by atoms with Crippen LogP contribution in [-0.4, -0.2) is 37.6 Å². The highest BCUT2D eigenvalue weighted by molar-refractivity contribution is 7.21. The summed E-state index contributed by atoms with van der Waals surface area (Å²) in [6.07, 6.45) is 9.93. The van der Waals surface area contributed by atoms with Gasteiger partial charge in [0.2, 0.25) is 5.36 Å². The van der Waals surface area contributed by atoms with Crippen LogP contribution in [0.2, 0.25) is 0 Å².